The van der Waals surface area contributed by atoms with E-state index in [1.165, 1.54) is 6.07 Å². The van der Waals surface area contributed by atoms with E-state index in [2.05, 4.69) is 51.4 Å². The zero-order valence-electron chi connectivity index (χ0n) is 38.6. The van der Waals surface area contributed by atoms with Gasteiger partial charge in [0.15, 0.2) is 11.8 Å². The van der Waals surface area contributed by atoms with Crippen molar-refractivity contribution in [1.82, 2.24) is 24.5 Å². The molecule has 4 heterocycles. The Kier molecular flexibility index (Phi) is 17.6. The number of hydrogen-bond donors (Lipinski definition) is 3. The minimum atomic E-state index is -1.63. The number of nitrogens with one attached hydrogen (secondary N) is 3. The predicted molar refractivity (Wildman–Crippen MR) is 268 cm³/mol. The van der Waals surface area contributed by atoms with Crippen molar-refractivity contribution in [1.29, 1.82) is 0 Å². The number of anilines is 2. The van der Waals surface area contributed by atoms with Gasteiger partial charge in [0, 0.05) is 59.8 Å². The lowest BCUT2D eigenvalue weighted by Crippen LogP contribution is -2.46. The van der Waals surface area contributed by atoms with E-state index in [9.17, 15) is 18.4 Å². The average Bonchev–Trinajstić information content (AvgIpc) is 3.84. The number of carbonyl (C=O) groups is 1. The van der Waals surface area contributed by atoms with Gasteiger partial charge in [0.25, 0.3) is 11.5 Å². The molecule has 0 saturated carbocycles. The number of nitrogens with zero attached hydrogens (tertiary/aromatic N) is 4. The summed E-state index contributed by atoms with van der Waals surface area (Å²) < 4.78 is 61.4. The molecule has 2 unspecified atom stereocenters. The number of amides is 1. The lowest BCUT2D eigenvalue weighted by atomic mass is 10.0. The number of ether oxygens (including phenoxy) is 4. The number of alkyl halides is 2. The highest BCUT2D eigenvalue weighted by Gasteiger charge is 2.28. The van der Waals surface area contributed by atoms with Gasteiger partial charge in [-0.05, 0) is 99.5 Å². The van der Waals surface area contributed by atoms with E-state index in [4.69, 9.17) is 23.5 Å². The van der Waals surface area contributed by atoms with Gasteiger partial charge in [-0.3, -0.25) is 9.59 Å². The first-order chi connectivity index (χ1) is 32.8. The van der Waals surface area contributed by atoms with Crippen LogP contribution in [0.4, 0.5) is 20.2 Å². The van der Waals surface area contributed by atoms with Crippen molar-refractivity contribution >= 4 is 46.7 Å². The number of rotatable bonds is 22. The van der Waals surface area contributed by atoms with Crippen molar-refractivity contribution in [2.24, 2.45) is 0 Å². The van der Waals surface area contributed by atoms with Gasteiger partial charge in [0.1, 0.15) is 30.0 Å². The highest BCUT2D eigenvalue weighted by atomic mass is 31.1. The van der Waals surface area contributed by atoms with Crippen molar-refractivity contribution in [3.8, 4) is 34.5 Å². The fraction of sp³-hybridized carbons (Fsp3) is 0.380. The quantitative estimate of drug-likeness (QED) is 0.0367. The second-order valence-electron chi connectivity index (χ2n) is 16.7. The number of aryl methyl sites for hydroxylation is 2. The number of halogens is 2. The van der Waals surface area contributed by atoms with E-state index in [0.29, 0.717) is 88.6 Å². The molecule has 7 rings (SSSR count). The molecule has 3 aromatic heterocycles. The summed E-state index contributed by atoms with van der Waals surface area (Å²) in [7, 11) is 6.38. The van der Waals surface area contributed by atoms with Crippen LogP contribution in [-0.4, -0.2) is 115 Å². The monoisotopic (exact) mass is 969 g/mol. The highest BCUT2D eigenvalue weighted by Crippen LogP contribution is 2.35. The third-order valence-corrected chi connectivity index (χ3v) is 11.6. The normalized spacial score (nSPS) is 15.2. The summed E-state index contributed by atoms with van der Waals surface area (Å²) in [6.45, 7) is 7.57. The molecule has 0 aliphatic carbocycles. The van der Waals surface area contributed by atoms with E-state index < -0.39 is 11.3 Å². The van der Waals surface area contributed by atoms with E-state index in [0.717, 1.165) is 51.2 Å². The molecular weight excluding hydrogens is 911 g/mol. The molecule has 1 aliphatic heterocycles. The average molecular weight is 970 g/mol. The molecule has 3 aromatic carbocycles. The molecule has 0 bridgehead atoms. The Balaban J connectivity index is 0.756. The van der Waals surface area contributed by atoms with Crippen molar-refractivity contribution < 1.29 is 37.0 Å². The molecule has 14 nitrogen and oxygen atoms in total. The highest BCUT2D eigenvalue weighted by molar-refractivity contribution is 7.39. The summed E-state index contributed by atoms with van der Waals surface area (Å²) in [5, 5.41) is 12.8. The number of hydrogen-bond acceptors (Lipinski definition) is 11. The van der Waals surface area contributed by atoms with Gasteiger partial charge in [-0.2, -0.15) is 0 Å². The summed E-state index contributed by atoms with van der Waals surface area (Å²) in [5.74, 6) is 7.99. The second kappa shape index (κ2) is 24.0. The predicted octanol–water partition coefficient (Wildman–Crippen LogP) is 7.02. The molecule has 0 spiro atoms. The smallest absolute Gasteiger partial charge is 0.258 e. The van der Waals surface area contributed by atoms with Crippen LogP contribution >= 0.6 is 18.5 Å². The van der Waals surface area contributed by atoms with Gasteiger partial charge >= 0.3 is 0 Å². The summed E-state index contributed by atoms with van der Waals surface area (Å²) in [4.78, 5) is 27.0. The first-order valence-electron chi connectivity index (χ1n) is 22.5. The van der Waals surface area contributed by atoms with Crippen molar-refractivity contribution in [2.45, 2.75) is 50.7 Å². The fourth-order valence-corrected chi connectivity index (χ4v) is 8.29. The fourth-order valence-electron chi connectivity index (χ4n) is 7.93. The number of benzene rings is 3. The van der Waals surface area contributed by atoms with E-state index in [1.807, 2.05) is 91.0 Å². The van der Waals surface area contributed by atoms with E-state index in [1.54, 1.807) is 29.0 Å². The molecule has 360 valence electrons. The lowest BCUT2D eigenvalue weighted by molar-refractivity contribution is -0.123. The Hall–Kier alpha value is -5.81. The van der Waals surface area contributed by atoms with Crippen LogP contribution in [0.15, 0.2) is 100 Å². The molecule has 1 saturated heterocycles. The molecule has 4 atom stereocenters. The number of carbonyl (C=O) groups excluding carboxylic acids is 1. The molecule has 1 aliphatic rings. The number of pyridine rings is 1. The summed E-state index contributed by atoms with van der Waals surface area (Å²) in [6.07, 6.45) is 1.49. The van der Waals surface area contributed by atoms with Crippen molar-refractivity contribution in [3.05, 3.63) is 124 Å². The van der Waals surface area contributed by atoms with Gasteiger partial charge in [-0.15, -0.1) is 0 Å². The Labute approximate surface area is 399 Å². The molecule has 6 aromatic rings. The Morgan fingerprint density at radius 3 is 2.50 bits per heavy atom. The Morgan fingerprint density at radius 1 is 0.956 bits per heavy atom. The molecule has 3 N–H and O–H groups in total. The zero-order chi connectivity index (χ0) is 48.0. The SMILES string of the molecule is Cc1noc(C)c1-c1ccc(=O)n(Cc2cccc(OCC(=O)NCCOCCOCCOc3ccc(NCC#Cc4cc5c(N[C@@H]6CCN(C)C[C@@H]6F)cccc5n4CC(F)(P)P)cc3)c2)c1. The maximum atomic E-state index is 14.9. The molecule has 0 radical (unpaired) electrons. The van der Waals surface area contributed by atoms with Crippen LogP contribution in [0.3, 0.4) is 0 Å². The Morgan fingerprint density at radius 2 is 1.74 bits per heavy atom. The first kappa shape index (κ1) is 50.1. The van der Waals surface area contributed by atoms with Gasteiger partial charge in [-0.1, -0.05) is 47.8 Å². The minimum Gasteiger partial charge on any atom is -0.491 e. The van der Waals surface area contributed by atoms with Gasteiger partial charge in [0.05, 0.1) is 69.0 Å². The molecule has 1 fully saturated rings. The first-order valence-corrected chi connectivity index (χ1v) is 23.7. The molecule has 18 heteroatoms. The number of aromatic nitrogens is 3. The van der Waals surface area contributed by atoms with Crippen LogP contribution in [-0.2, 0) is 27.4 Å². The van der Waals surface area contributed by atoms with Crippen molar-refractivity contribution in [2.75, 3.05) is 83.5 Å². The third-order valence-electron chi connectivity index (χ3n) is 11.2. The van der Waals surface area contributed by atoms with E-state index in [-0.39, 0.29) is 30.7 Å². The van der Waals surface area contributed by atoms with E-state index >= 15 is 0 Å². The largest absolute Gasteiger partial charge is 0.491 e. The van der Waals surface area contributed by atoms with Crippen LogP contribution in [0, 0.1) is 25.7 Å². The number of likely N-dealkylation sites (tertiary alicyclic amines) is 1. The molecule has 1 amide bonds. The molecular formula is C50H59F2N7O7P2. The molecule has 68 heavy (non-hydrogen) atoms. The zero-order valence-corrected chi connectivity index (χ0v) is 40.9. The van der Waals surface area contributed by atoms with Gasteiger partial charge in [0.2, 0.25) is 0 Å². The Bertz CT molecular complexity index is 2730. The topological polar surface area (TPSA) is 146 Å². The van der Waals surface area contributed by atoms with Crippen LogP contribution < -0.4 is 31.0 Å². The van der Waals surface area contributed by atoms with Gasteiger partial charge in [-0.25, -0.2) is 8.78 Å². The van der Waals surface area contributed by atoms with Gasteiger partial charge < -0.3 is 53.5 Å². The van der Waals surface area contributed by atoms with Crippen LogP contribution in [0.5, 0.6) is 11.5 Å². The summed E-state index contributed by atoms with van der Waals surface area (Å²) in [5.41, 5.74) is 6.32. The van der Waals surface area contributed by atoms with Crippen LogP contribution in [0.2, 0.25) is 0 Å². The van der Waals surface area contributed by atoms with Crippen LogP contribution in [0.25, 0.3) is 22.0 Å². The van der Waals surface area contributed by atoms with Crippen molar-refractivity contribution in [3.63, 3.8) is 0 Å². The lowest BCUT2D eigenvalue weighted by Gasteiger charge is -2.33. The maximum Gasteiger partial charge on any atom is 0.258 e. The summed E-state index contributed by atoms with van der Waals surface area (Å²) in [6, 6.07) is 25.5. The number of piperidine rings is 1. The standard InChI is InChI=1S/C50H59F2N7O7P2/c1-34-49(35(2)66-56-34)37-12-17-48(61)58(30-37)29-36-7-4-9-41(27-36)65-32-47(60)54-20-22-62-23-24-63-25-26-64-40-15-13-38(14-16-40)53-19-6-8-39-28-42-44(55-45-18-21-57(3)31-43(45)51)10-5-11-46(42)59(39)33-50(52,67)68/h4-5,7,9-17,27-28,30,43,45,53,55H,18-26,29,31-33,67-68H2,1-3H3,(H,54,60)/t43-,45+/m0/s1. The minimum absolute atomic E-state index is 0.0579. The van der Waals surface area contributed by atoms with Crippen LogP contribution in [0.1, 0.15) is 29.1 Å². The maximum absolute atomic E-state index is 14.9. The third kappa shape index (κ3) is 14.4. The summed E-state index contributed by atoms with van der Waals surface area (Å²) >= 11 is 0. The number of fused-ring (bicyclic) bond motifs is 1. The second-order valence-corrected chi connectivity index (χ2v) is 19.3.